The van der Waals surface area contributed by atoms with Crippen molar-refractivity contribution in [3.8, 4) is 5.75 Å². The minimum absolute atomic E-state index is 0.292. The summed E-state index contributed by atoms with van der Waals surface area (Å²) in [6, 6.07) is 7.62. The van der Waals surface area contributed by atoms with Crippen molar-refractivity contribution in [2.45, 2.75) is 19.8 Å². The van der Waals surface area contributed by atoms with Crippen LogP contribution in [-0.2, 0) is 0 Å². The number of aliphatic hydroxyl groups is 1. The highest BCUT2D eigenvalue weighted by molar-refractivity contribution is 5.96. The topological polar surface area (TPSA) is 54.7 Å². The summed E-state index contributed by atoms with van der Waals surface area (Å²) in [4.78, 5) is 8.67. The smallest absolute Gasteiger partial charge is 0.146 e. The van der Waals surface area contributed by atoms with Gasteiger partial charge < -0.3 is 9.84 Å². The molecule has 1 heterocycles. The van der Waals surface area contributed by atoms with Gasteiger partial charge in [0.2, 0.25) is 0 Å². The number of nitrogens with zero attached hydrogens (tertiary/aromatic N) is 2. The molecule has 0 bridgehead atoms. The minimum Gasteiger partial charge on any atom is -0.507 e. The van der Waals surface area contributed by atoms with E-state index in [4.69, 9.17) is 4.74 Å². The average Bonchev–Trinajstić information content (AvgIpc) is 3.46. The highest BCUT2D eigenvalue weighted by atomic mass is 16.5. The normalized spacial score (nSPS) is 14.2. The van der Waals surface area contributed by atoms with Crippen molar-refractivity contribution in [1.29, 1.82) is 0 Å². The van der Waals surface area contributed by atoms with Crippen LogP contribution in [0.5, 0.6) is 5.75 Å². The van der Waals surface area contributed by atoms with Crippen LogP contribution in [0.4, 0.5) is 0 Å². The van der Waals surface area contributed by atoms with Crippen LogP contribution in [0.2, 0.25) is 0 Å². The van der Waals surface area contributed by atoms with Gasteiger partial charge in [0, 0.05) is 23.3 Å². The molecule has 1 aliphatic rings. The third kappa shape index (κ3) is 3.54. The summed E-state index contributed by atoms with van der Waals surface area (Å²) in [5.74, 6) is 0.989. The number of benzene rings is 1. The molecule has 3 rings (SSSR count). The van der Waals surface area contributed by atoms with Gasteiger partial charge in [0.1, 0.15) is 23.6 Å². The van der Waals surface area contributed by atoms with E-state index in [0.29, 0.717) is 18.1 Å². The molecule has 2 aromatic rings. The number of aliphatic imine (C=N–C) groups is 1. The van der Waals surface area contributed by atoms with Crippen LogP contribution in [0.3, 0.4) is 0 Å². The second kappa shape index (κ2) is 7.13. The first-order chi connectivity index (χ1) is 11.7. The minimum atomic E-state index is 0.292. The van der Waals surface area contributed by atoms with Crippen molar-refractivity contribution in [2.75, 3.05) is 6.61 Å². The van der Waals surface area contributed by atoms with Gasteiger partial charge >= 0.3 is 0 Å². The largest absolute Gasteiger partial charge is 0.507 e. The molecule has 1 N–H and O–H groups in total. The summed E-state index contributed by atoms with van der Waals surface area (Å²) < 4.78 is 5.93. The zero-order valence-electron chi connectivity index (χ0n) is 13.7. The van der Waals surface area contributed by atoms with E-state index in [1.54, 1.807) is 18.5 Å². The van der Waals surface area contributed by atoms with Crippen LogP contribution in [-0.4, -0.2) is 22.4 Å². The molecule has 0 aliphatic heterocycles. The van der Waals surface area contributed by atoms with Gasteiger partial charge in [-0.15, -0.1) is 0 Å². The van der Waals surface area contributed by atoms with E-state index >= 15 is 0 Å². The molecule has 1 aromatic carbocycles. The van der Waals surface area contributed by atoms with E-state index < -0.39 is 0 Å². The molecule has 0 radical (unpaired) electrons. The molecule has 24 heavy (non-hydrogen) atoms. The number of pyridine rings is 1. The number of allylic oxidation sites excluding steroid dienone is 2. The van der Waals surface area contributed by atoms with Crippen LogP contribution >= 0.6 is 0 Å². The monoisotopic (exact) mass is 320 g/mol. The van der Waals surface area contributed by atoms with Crippen molar-refractivity contribution in [3.63, 3.8) is 0 Å². The maximum Gasteiger partial charge on any atom is 0.146 e. The van der Waals surface area contributed by atoms with Crippen molar-refractivity contribution in [2.24, 2.45) is 4.99 Å². The van der Waals surface area contributed by atoms with E-state index in [9.17, 15) is 5.11 Å². The third-order valence-corrected chi connectivity index (χ3v) is 3.78. The van der Waals surface area contributed by atoms with Crippen LogP contribution in [0.1, 0.15) is 25.3 Å². The molecular weight excluding hydrogens is 300 g/mol. The molecular formula is C20H20N2O2. The Labute approximate surface area is 141 Å². The molecule has 1 fully saturated rings. The lowest BCUT2D eigenvalue weighted by molar-refractivity contribution is 0.380. The lowest BCUT2D eigenvalue weighted by atomic mass is 10.1. The Kier molecular flexibility index (Phi) is 4.75. The molecule has 122 valence electrons. The predicted molar refractivity (Wildman–Crippen MR) is 98.5 cm³/mol. The van der Waals surface area contributed by atoms with Crippen molar-refractivity contribution >= 4 is 22.4 Å². The van der Waals surface area contributed by atoms with E-state index in [1.165, 1.54) is 0 Å². The summed E-state index contributed by atoms with van der Waals surface area (Å²) in [6.07, 6.45) is 8.88. The fraction of sp³-hybridized carbons (Fsp3) is 0.200. The molecule has 4 heteroatoms. The number of fused-ring (bicyclic) bond motifs is 1. The first-order valence-electron chi connectivity index (χ1n) is 7.96. The molecule has 0 atom stereocenters. The van der Waals surface area contributed by atoms with Crippen molar-refractivity contribution < 1.29 is 9.84 Å². The first-order valence-corrected chi connectivity index (χ1v) is 7.96. The van der Waals surface area contributed by atoms with Gasteiger partial charge in [-0.3, -0.25) is 9.98 Å². The van der Waals surface area contributed by atoms with Gasteiger partial charge in [-0.1, -0.05) is 18.7 Å². The van der Waals surface area contributed by atoms with Gasteiger partial charge in [0.15, 0.2) is 0 Å². The highest BCUT2D eigenvalue weighted by Crippen LogP contribution is 2.37. The van der Waals surface area contributed by atoms with E-state index in [2.05, 4.69) is 16.6 Å². The fourth-order valence-electron chi connectivity index (χ4n) is 2.38. The Morgan fingerprint density at radius 3 is 2.96 bits per heavy atom. The second-order valence-corrected chi connectivity index (χ2v) is 5.60. The molecule has 1 aromatic heterocycles. The fourth-order valence-corrected chi connectivity index (χ4v) is 2.38. The molecule has 0 spiro atoms. The summed E-state index contributed by atoms with van der Waals surface area (Å²) in [6.45, 7) is 5.95. The molecule has 0 saturated heterocycles. The van der Waals surface area contributed by atoms with Crippen LogP contribution in [0.15, 0.2) is 66.0 Å². The second-order valence-electron chi connectivity index (χ2n) is 5.60. The summed E-state index contributed by atoms with van der Waals surface area (Å²) in [5.41, 5.74) is 3.35. The molecule has 1 saturated carbocycles. The van der Waals surface area contributed by atoms with Gasteiger partial charge in [-0.2, -0.15) is 0 Å². The van der Waals surface area contributed by atoms with Gasteiger partial charge in [-0.05, 0) is 49.6 Å². The standard InChI is InChI=1S/C20H20N2O2/c1-3-9-21-17(4-2)13-24-18-12-16(20(23)14-7-8-14)11-15-6-5-10-22-19(15)18/h3-6,9-12,23H,2,7-8,13H2,1H3/b9-3-,21-17+. The third-order valence-electron chi connectivity index (χ3n) is 3.78. The average molecular weight is 320 g/mol. The molecule has 0 unspecified atom stereocenters. The Balaban J connectivity index is 1.96. The predicted octanol–water partition coefficient (Wildman–Crippen LogP) is 4.84. The van der Waals surface area contributed by atoms with Gasteiger partial charge in [-0.25, -0.2) is 0 Å². The van der Waals surface area contributed by atoms with Crippen LogP contribution < -0.4 is 4.74 Å². The van der Waals surface area contributed by atoms with Crippen molar-refractivity contribution in [1.82, 2.24) is 4.98 Å². The lowest BCUT2D eigenvalue weighted by Crippen LogP contribution is -2.09. The number of hydrogen-bond acceptors (Lipinski definition) is 4. The SMILES string of the molecule is C=C/C(COc1cc(C(O)=C2CC2)cc2cccnc12)=N\C=C/C. The summed E-state index contributed by atoms with van der Waals surface area (Å²) in [5, 5.41) is 11.3. The Hall–Kier alpha value is -2.88. The van der Waals surface area contributed by atoms with Crippen molar-refractivity contribution in [3.05, 3.63) is 66.5 Å². The maximum atomic E-state index is 10.3. The number of hydrogen-bond donors (Lipinski definition) is 1. The number of ether oxygens (including phenoxy) is 1. The quantitative estimate of drug-likeness (QED) is 0.612. The summed E-state index contributed by atoms with van der Waals surface area (Å²) >= 11 is 0. The maximum absolute atomic E-state index is 10.3. The summed E-state index contributed by atoms with van der Waals surface area (Å²) in [7, 11) is 0. The van der Waals surface area contributed by atoms with E-state index in [0.717, 1.165) is 40.6 Å². The Bertz CT molecular complexity index is 857. The Morgan fingerprint density at radius 1 is 1.42 bits per heavy atom. The van der Waals surface area contributed by atoms with Crippen LogP contribution in [0.25, 0.3) is 16.7 Å². The number of rotatable bonds is 6. The van der Waals surface area contributed by atoms with E-state index in [1.807, 2.05) is 37.3 Å². The molecule has 4 nitrogen and oxygen atoms in total. The van der Waals surface area contributed by atoms with Gasteiger partial charge in [0.25, 0.3) is 0 Å². The lowest BCUT2D eigenvalue weighted by Gasteiger charge is -2.11. The van der Waals surface area contributed by atoms with Crippen LogP contribution in [0, 0.1) is 0 Å². The Morgan fingerprint density at radius 2 is 2.25 bits per heavy atom. The highest BCUT2D eigenvalue weighted by Gasteiger charge is 2.20. The molecule has 0 amide bonds. The van der Waals surface area contributed by atoms with E-state index in [-0.39, 0.29) is 0 Å². The zero-order chi connectivity index (χ0) is 16.9. The van der Waals surface area contributed by atoms with Gasteiger partial charge in [0.05, 0.1) is 5.71 Å². The number of aliphatic hydroxyl groups excluding tert-OH is 1. The first kappa shape index (κ1) is 16.0. The zero-order valence-corrected chi connectivity index (χ0v) is 13.7. The number of aromatic nitrogens is 1. The molecule has 1 aliphatic carbocycles.